The summed E-state index contributed by atoms with van der Waals surface area (Å²) < 4.78 is 56.8. The molecule has 0 spiro atoms. The van der Waals surface area contributed by atoms with Crippen molar-refractivity contribution in [3.8, 4) is 0 Å². The summed E-state index contributed by atoms with van der Waals surface area (Å²) in [6.07, 6.45) is 0. The van der Waals surface area contributed by atoms with Crippen molar-refractivity contribution < 1.29 is 65.6 Å². The second-order valence-electron chi connectivity index (χ2n) is 0.876. The van der Waals surface area contributed by atoms with Gasteiger partial charge in [-0.05, 0) is 0 Å². The van der Waals surface area contributed by atoms with Gasteiger partial charge >= 0.3 is 29.6 Å². The van der Waals surface area contributed by atoms with Crippen molar-refractivity contribution in [1.29, 1.82) is 0 Å². The molecule has 0 radical (unpaired) electrons. The molecule has 0 aliphatic carbocycles. The van der Waals surface area contributed by atoms with Gasteiger partial charge in [-0.25, -0.2) is 14.3 Å². The van der Waals surface area contributed by atoms with E-state index in [-0.39, 0.29) is 29.6 Å². The van der Waals surface area contributed by atoms with Crippen LogP contribution in [0.3, 0.4) is 0 Å². The molecule has 0 unspecified atom stereocenters. The average Bonchev–Trinajstić information content (AvgIpc) is 1.59. The van der Waals surface area contributed by atoms with Crippen LogP contribution in [0, 0.1) is 0 Å². The Morgan fingerprint density at radius 3 is 1.08 bits per heavy atom. The number of hydrogen-bond acceptors (Lipinski definition) is 7. The topological polar surface area (TPSA) is 181 Å². The largest absolute Gasteiger partial charge is 1.00 e. The first-order chi connectivity index (χ1) is 5.00. The zero-order valence-electron chi connectivity index (χ0n) is 6.22. The van der Waals surface area contributed by atoms with Crippen molar-refractivity contribution in [3.05, 3.63) is 0 Å². The summed E-state index contributed by atoms with van der Waals surface area (Å²) in [6, 6.07) is 0. The van der Waals surface area contributed by atoms with E-state index in [0.717, 1.165) is 0 Å². The van der Waals surface area contributed by atoms with E-state index in [1.807, 2.05) is 0 Å². The minimum absolute atomic E-state index is 0. The summed E-state index contributed by atoms with van der Waals surface area (Å²) in [5.41, 5.74) is 0. The molecule has 0 atom stereocenters. The molecule has 0 aliphatic rings. The van der Waals surface area contributed by atoms with Gasteiger partial charge in [0, 0.05) is 11.2 Å². The van der Waals surface area contributed by atoms with E-state index >= 15 is 0 Å². The maximum Gasteiger partial charge on any atom is 1.00 e. The van der Waals surface area contributed by atoms with Crippen molar-refractivity contribution in [2.24, 2.45) is 5.90 Å². The van der Waals surface area contributed by atoms with Crippen LogP contribution in [0.5, 0.6) is 0 Å². The smallest absolute Gasteiger partial charge is 0.726 e. The summed E-state index contributed by atoms with van der Waals surface area (Å²) in [6.45, 7) is 0. The minimum Gasteiger partial charge on any atom is -0.726 e. The van der Waals surface area contributed by atoms with Gasteiger partial charge < -0.3 is 9.76 Å². The molecule has 78 valence electrons. The molecule has 0 aromatic carbocycles. The molecule has 0 rings (SSSR count). The molecular weight excluding hydrogens is 261 g/mol. The van der Waals surface area contributed by atoms with Crippen LogP contribution in [0.15, 0.2) is 0 Å². The first-order valence-electron chi connectivity index (χ1n) is 1.64. The number of hydrogen-bond donors (Lipinski definition) is 5. The molecular formula is H6NNaO8S3. The Morgan fingerprint density at radius 1 is 1.08 bits per heavy atom. The fourth-order valence-electron chi connectivity index (χ4n) is 0. The SMILES string of the molecule is NO.O=S(=O)([O-])O.O=S(O)(O)=S.[Na+]. The third kappa shape index (κ3) is 1380. The fraction of sp³-hybridized carbons (Fsp3) is 0. The Morgan fingerprint density at radius 2 is 1.08 bits per heavy atom. The zero-order valence-corrected chi connectivity index (χ0v) is 10.7. The predicted octanol–water partition coefficient (Wildman–Crippen LogP) is -4.98. The Hall–Kier alpha value is 1.08. The van der Waals surface area contributed by atoms with Gasteiger partial charge in [-0.1, -0.05) is 0 Å². The molecule has 0 aromatic heterocycles. The van der Waals surface area contributed by atoms with Gasteiger partial charge in [0.05, 0.1) is 0 Å². The molecule has 0 aromatic rings. The number of rotatable bonds is 0. The molecule has 9 nitrogen and oxygen atoms in total. The van der Waals surface area contributed by atoms with Crippen LogP contribution in [0.1, 0.15) is 0 Å². The number of nitrogens with two attached hydrogens (primary N) is 1. The van der Waals surface area contributed by atoms with Gasteiger partial charge in [-0.3, -0.25) is 13.7 Å². The van der Waals surface area contributed by atoms with Crippen molar-refractivity contribution in [3.63, 3.8) is 0 Å². The maximum atomic E-state index is 9.11. The standard InChI is InChI=1S/H3NO.Na.H2O4S.H2O3S2/c1-2;;2*1-5(2,3)4/h2H,1H2;;2*(H2,1,2,3,4)/q;+1;;/p-1. The first-order valence-corrected chi connectivity index (χ1v) is 5.40. The second kappa shape index (κ2) is 11.2. The quantitative estimate of drug-likeness (QED) is 0.123. The van der Waals surface area contributed by atoms with E-state index < -0.39 is 19.5 Å². The summed E-state index contributed by atoms with van der Waals surface area (Å²) in [5.74, 6) is 3.50. The van der Waals surface area contributed by atoms with Crippen LogP contribution < -0.4 is 35.5 Å². The predicted molar refractivity (Wildman–Crippen MR) is 39.1 cm³/mol. The van der Waals surface area contributed by atoms with Gasteiger partial charge in [0.15, 0.2) is 0 Å². The molecule has 13 heavy (non-hydrogen) atoms. The third-order valence-corrected chi connectivity index (χ3v) is 0. The molecule has 0 amide bonds. The third-order valence-electron chi connectivity index (χ3n) is 0. The molecule has 0 saturated carbocycles. The summed E-state index contributed by atoms with van der Waals surface area (Å²) in [4.78, 5) is 0. The van der Waals surface area contributed by atoms with Crippen LogP contribution in [0.2, 0.25) is 0 Å². The van der Waals surface area contributed by atoms with Crippen LogP contribution in [-0.2, 0) is 30.6 Å². The van der Waals surface area contributed by atoms with Crippen LogP contribution in [0.25, 0.3) is 0 Å². The minimum atomic E-state index is -4.92. The molecule has 6 N–H and O–H groups in total. The fourth-order valence-corrected chi connectivity index (χ4v) is 0. The van der Waals surface area contributed by atoms with Gasteiger partial charge in [0.2, 0.25) is 10.4 Å². The monoisotopic (exact) mass is 267 g/mol. The zero-order chi connectivity index (χ0) is 11.0. The van der Waals surface area contributed by atoms with E-state index in [1.54, 1.807) is 0 Å². The first kappa shape index (κ1) is 23.7. The van der Waals surface area contributed by atoms with E-state index in [2.05, 4.69) is 17.1 Å². The molecule has 0 fully saturated rings. The molecule has 0 heterocycles. The van der Waals surface area contributed by atoms with E-state index in [1.165, 1.54) is 0 Å². The molecule has 0 aliphatic heterocycles. The Kier molecular flexibility index (Phi) is 20.3. The van der Waals surface area contributed by atoms with Gasteiger partial charge in [-0.2, -0.15) is 4.21 Å². The van der Waals surface area contributed by atoms with Crippen LogP contribution in [-0.4, -0.2) is 36.0 Å². The van der Waals surface area contributed by atoms with Crippen molar-refractivity contribution in [2.75, 3.05) is 0 Å². The van der Waals surface area contributed by atoms with Gasteiger partial charge in [0.1, 0.15) is 0 Å². The second-order valence-corrected chi connectivity index (χ2v) is 3.93. The normalized spacial score (nSPS) is 9.38. The Labute approximate surface area is 101 Å². The molecule has 0 saturated heterocycles. The maximum absolute atomic E-state index is 9.11. The van der Waals surface area contributed by atoms with E-state index in [4.69, 9.17) is 36.0 Å². The van der Waals surface area contributed by atoms with E-state index in [9.17, 15) is 0 Å². The molecule has 0 bridgehead atoms. The Bertz CT molecular complexity index is 216. The van der Waals surface area contributed by atoms with Gasteiger partial charge in [-0.15, -0.1) is 0 Å². The summed E-state index contributed by atoms with van der Waals surface area (Å²) >= 11 is 3.47. The van der Waals surface area contributed by atoms with Crippen LogP contribution >= 0.6 is 0 Å². The van der Waals surface area contributed by atoms with Gasteiger partial charge in [0.25, 0.3) is 9.05 Å². The molecule has 13 heteroatoms. The van der Waals surface area contributed by atoms with Crippen molar-refractivity contribution in [1.82, 2.24) is 0 Å². The summed E-state index contributed by atoms with van der Waals surface area (Å²) in [5, 5.41) is 6.50. The average molecular weight is 267 g/mol. The Balaban J connectivity index is -0.0000000491. The summed E-state index contributed by atoms with van der Waals surface area (Å²) in [7, 11) is -8.75. The van der Waals surface area contributed by atoms with E-state index in [0.29, 0.717) is 0 Å². The van der Waals surface area contributed by atoms with Crippen molar-refractivity contribution in [2.45, 2.75) is 0 Å². The van der Waals surface area contributed by atoms with Crippen LogP contribution in [0.4, 0.5) is 0 Å². The van der Waals surface area contributed by atoms with Crippen molar-refractivity contribution >= 4 is 30.6 Å².